The van der Waals surface area contributed by atoms with Crippen LogP contribution in [0.2, 0.25) is 0 Å². The van der Waals surface area contributed by atoms with Crippen molar-refractivity contribution < 1.29 is 0 Å². The van der Waals surface area contributed by atoms with Crippen molar-refractivity contribution in [3.63, 3.8) is 0 Å². The van der Waals surface area contributed by atoms with Gasteiger partial charge in [0.15, 0.2) is 0 Å². The lowest BCUT2D eigenvalue weighted by atomic mass is 10.3. The van der Waals surface area contributed by atoms with Gasteiger partial charge in [-0.1, -0.05) is 10.8 Å². The van der Waals surface area contributed by atoms with E-state index >= 15 is 0 Å². The van der Waals surface area contributed by atoms with E-state index in [0.29, 0.717) is 0 Å². The minimum absolute atomic E-state index is 1.07. The number of hydrogen-bond donors (Lipinski definition) is 0. The van der Waals surface area contributed by atoms with Crippen molar-refractivity contribution in [2.24, 2.45) is 0 Å². The van der Waals surface area contributed by atoms with E-state index in [1.165, 1.54) is 18.6 Å². The Morgan fingerprint density at radius 3 is 3.29 bits per heavy atom. The molecule has 0 atom stereocenters. The molecule has 1 aliphatic rings. The Balaban J connectivity index is 2.04. The fourth-order valence-electron chi connectivity index (χ4n) is 0.449. The molecule has 0 spiro atoms. The van der Waals surface area contributed by atoms with E-state index in [1.54, 1.807) is 11.0 Å². The van der Waals surface area contributed by atoms with Crippen LogP contribution in [0.1, 0.15) is 12.8 Å². The van der Waals surface area contributed by atoms with Gasteiger partial charge in [-0.15, -0.1) is 0 Å². The molecule has 1 rings (SSSR count). The fraction of sp³-hybridized carbons (Fsp3) is 1.00. The SMILES string of the molecule is C1CCSS[N]C1. The van der Waals surface area contributed by atoms with Crippen LogP contribution in [0.15, 0.2) is 0 Å². The Morgan fingerprint density at radius 2 is 2.29 bits per heavy atom. The van der Waals surface area contributed by atoms with Gasteiger partial charge < -0.3 is 0 Å². The molecule has 1 fully saturated rings. The lowest BCUT2D eigenvalue weighted by Crippen LogP contribution is -1.91. The molecule has 0 unspecified atom stereocenters. The zero-order valence-electron chi connectivity index (χ0n) is 4.09. The summed E-state index contributed by atoms with van der Waals surface area (Å²) < 4.78 is 4.15. The smallest absolute Gasteiger partial charge is 0.0265 e. The maximum absolute atomic E-state index is 4.15. The molecule has 41 valence electrons. The maximum atomic E-state index is 4.15. The van der Waals surface area contributed by atoms with Crippen LogP contribution in [0, 0.1) is 0 Å². The van der Waals surface area contributed by atoms with Crippen LogP contribution in [0.4, 0.5) is 0 Å². The summed E-state index contributed by atoms with van der Waals surface area (Å²) in [5.41, 5.74) is 0. The highest BCUT2D eigenvalue weighted by Crippen LogP contribution is 2.22. The molecule has 1 heterocycles. The first kappa shape index (κ1) is 5.79. The summed E-state index contributed by atoms with van der Waals surface area (Å²) in [7, 11) is 3.52. The average Bonchev–Trinajstić information content (AvgIpc) is 1.90. The highest BCUT2D eigenvalue weighted by Gasteiger charge is 1.97. The van der Waals surface area contributed by atoms with Gasteiger partial charge in [-0.3, -0.25) is 0 Å². The lowest BCUT2D eigenvalue weighted by molar-refractivity contribution is 0.784. The molecule has 3 heteroatoms. The monoisotopic (exact) mass is 134 g/mol. The van der Waals surface area contributed by atoms with E-state index in [1.807, 2.05) is 10.8 Å². The Kier molecular flexibility index (Phi) is 3.01. The van der Waals surface area contributed by atoms with Crippen molar-refractivity contribution in [2.45, 2.75) is 12.8 Å². The van der Waals surface area contributed by atoms with Crippen LogP contribution < -0.4 is 4.72 Å². The van der Waals surface area contributed by atoms with Crippen LogP contribution in [-0.2, 0) is 0 Å². The molecule has 0 saturated carbocycles. The van der Waals surface area contributed by atoms with Crippen LogP contribution in [-0.4, -0.2) is 12.3 Å². The summed E-state index contributed by atoms with van der Waals surface area (Å²) in [6.45, 7) is 1.07. The summed E-state index contributed by atoms with van der Waals surface area (Å²) in [6, 6.07) is 0. The van der Waals surface area contributed by atoms with Gasteiger partial charge in [0.25, 0.3) is 0 Å². The molecule has 1 aliphatic heterocycles. The molecule has 1 nitrogen and oxygen atoms in total. The molecule has 0 aromatic carbocycles. The predicted octanol–water partition coefficient (Wildman–Crippen LogP) is 1.68. The second-order valence-corrected chi connectivity index (χ2v) is 3.66. The summed E-state index contributed by atoms with van der Waals surface area (Å²) in [5.74, 6) is 1.29. The van der Waals surface area contributed by atoms with Crippen LogP contribution in [0.25, 0.3) is 0 Å². The Bertz CT molecular complexity index is 29.3. The molecule has 0 N–H and O–H groups in total. The summed E-state index contributed by atoms with van der Waals surface area (Å²) >= 11 is 0. The molecule has 7 heavy (non-hydrogen) atoms. The fourth-order valence-corrected chi connectivity index (χ4v) is 2.15. The van der Waals surface area contributed by atoms with Gasteiger partial charge in [-0.2, -0.15) is 4.72 Å². The van der Waals surface area contributed by atoms with Gasteiger partial charge >= 0.3 is 0 Å². The van der Waals surface area contributed by atoms with E-state index in [-0.39, 0.29) is 0 Å². The van der Waals surface area contributed by atoms with Crippen molar-refractivity contribution >= 4 is 21.8 Å². The van der Waals surface area contributed by atoms with Crippen molar-refractivity contribution in [2.75, 3.05) is 12.3 Å². The minimum Gasteiger partial charge on any atom is -0.165 e. The third kappa shape index (κ3) is 2.46. The molecule has 1 radical (unpaired) electrons. The molecule has 0 amide bonds. The van der Waals surface area contributed by atoms with Gasteiger partial charge in [0.1, 0.15) is 0 Å². The Labute approximate surface area is 52.2 Å². The second kappa shape index (κ2) is 3.64. The zero-order chi connectivity index (χ0) is 4.95. The highest BCUT2D eigenvalue weighted by atomic mass is 33.1. The van der Waals surface area contributed by atoms with Crippen molar-refractivity contribution in [1.29, 1.82) is 0 Å². The zero-order valence-corrected chi connectivity index (χ0v) is 5.73. The standard InChI is InChI=1S/C4H8NS2/c1-2-4-6-7-5-3-1/h1-4H2. The first-order chi connectivity index (χ1) is 3.50. The van der Waals surface area contributed by atoms with E-state index in [9.17, 15) is 0 Å². The Morgan fingerprint density at radius 1 is 1.29 bits per heavy atom. The van der Waals surface area contributed by atoms with Crippen molar-refractivity contribution in [3.05, 3.63) is 0 Å². The average molecular weight is 134 g/mol. The molecular formula is C4H8NS2. The van der Waals surface area contributed by atoms with Crippen molar-refractivity contribution in [1.82, 2.24) is 4.72 Å². The molecule has 0 bridgehead atoms. The number of nitrogens with zero attached hydrogens (tertiary/aromatic N) is 1. The molecule has 0 aromatic rings. The summed E-state index contributed by atoms with van der Waals surface area (Å²) in [4.78, 5) is 0. The summed E-state index contributed by atoms with van der Waals surface area (Å²) in [5, 5.41) is 0. The largest absolute Gasteiger partial charge is 0.165 e. The van der Waals surface area contributed by atoms with Crippen LogP contribution in [0.5, 0.6) is 0 Å². The topological polar surface area (TPSA) is 14.1 Å². The molecule has 0 aromatic heterocycles. The van der Waals surface area contributed by atoms with Crippen molar-refractivity contribution in [3.8, 4) is 0 Å². The van der Waals surface area contributed by atoms with E-state index in [4.69, 9.17) is 0 Å². The van der Waals surface area contributed by atoms with E-state index < -0.39 is 0 Å². The van der Waals surface area contributed by atoms with Gasteiger partial charge in [0.05, 0.1) is 0 Å². The molecular weight excluding hydrogens is 126 g/mol. The third-order valence-corrected chi connectivity index (χ3v) is 2.81. The number of hydrogen-bond acceptors (Lipinski definition) is 2. The van der Waals surface area contributed by atoms with Gasteiger partial charge in [0, 0.05) is 23.3 Å². The predicted molar refractivity (Wildman–Crippen MR) is 36.3 cm³/mol. The summed E-state index contributed by atoms with van der Waals surface area (Å²) in [6.07, 6.45) is 2.64. The molecule has 0 aliphatic carbocycles. The molecule has 1 saturated heterocycles. The van der Waals surface area contributed by atoms with Crippen LogP contribution >= 0.6 is 21.8 Å². The van der Waals surface area contributed by atoms with E-state index in [2.05, 4.69) is 4.72 Å². The first-order valence-electron chi connectivity index (χ1n) is 2.45. The quantitative estimate of drug-likeness (QED) is 0.369. The normalized spacial score (nSPS) is 24.0. The van der Waals surface area contributed by atoms with Gasteiger partial charge in [0.2, 0.25) is 0 Å². The van der Waals surface area contributed by atoms with Gasteiger partial charge in [-0.05, 0) is 12.8 Å². The second-order valence-electron chi connectivity index (χ2n) is 1.46. The minimum atomic E-state index is 1.07. The van der Waals surface area contributed by atoms with E-state index in [0.717, 1.165) is 6.54 Å². The lowest BCUT2D eigenvalue weighted by Gasteiger charge is -1.86. The van der Waals surface area contributed by atoms with Crippen LogP contribution in [0.3, 0.4) is 0 Å². The first-order valence-corrected chi connectivity index (χ1v) is 4.73. The van der Waals surface area contributed by atoms with Gasteiger partial charge in [-0.25, -0.2) is 0 Å². The maximum Gasteiger partial charge on any atom is 0.0265 e. The highest BCUT2D eigenvalue weighted by molar-refractivity contribution is 8.75. The third-order valence-electron chi connectivity index (χ3n) is 0.832. The Hall–Kier alpha value is 0.660. The number of rotatable bonds is 0.